The van der Waals surface area contributed by atoms with Gasteiger partial charge in [-0.15, -0.1) is 0 Å². The molecule has 0 radical (unpaired) electrons. The summed E-state index contributed by atoms with van der Waals surface area (Å²) in [5.74, 6) is 1.10. The van der Waals surface area contributed by atoms with E-state index in [0.717, 1.165) is 43.7 Å². The second-order valence-electron chi connectivity index (χ2n) is 5.14. The fourth-order valence-corrected chi connectivity index (χ4v) is 2.48. The minimum atomic E-state index is -0.204. The average Bonchev–Trinajstić information content (AvgIpc) is 2.79. The molecule has 0 saturated heterocycles. The van der Waals surface area contributed by atoms with Crippen LogP contribution in [-0.2, 0) is 6.42 Å². The molecule has 0 amide bonds. The number of ether oxygens (including phenoxy) is 1. The van der Waals surface area contributed by atoms with Gasteiger partial charge in [0.05, 0.1) is 0 Å². The first-order chi connectivity index (χ1) is 9.22. The zero-order chi connectivity index (χ0) is 13.7. The second-order valence-corrected chi connectivity index (χ2v) is 5.14. The molecule has 19 heavy (non-hydrogen) atoms. The van der Waals surface area contributed by atoms with Crippen molar-refractivity contribution in [3.05, 3.63) is 29.6 Å². The van der Waals surface area contributed by atoms with Gasteiger partial charge in [-0.25, -0.2) is 4.39 Å². The number of fused-ring (bicyclic) bond motifs is 1. The van der Waals surface area contributed by atoms with Gasteiger partial charge in [-0.1, -0.05) is 13.3 Å². The molecule has 0 spiro atoms. The summed E-state index contributed by atoms with van der Waals surface area (Å²) in [5.41, 5.74) is 0.953. The predicted octanol–water partition coefficient (Wildman–Crippen LogP) is 2.13. The van der Waals surface area contributed by atoms with Crippen molar-refractivity contribution in [3.8, 4) is 5.75 Å². The average molecular weight is 267 g/mol. The summed E-state index contributed by atoms with van der Waals surface area (Å²) >= 11 is 0. The third-order valence-corrected chi connectivity index (χ3v) is 3.68. The Morgan fingerprint density at radius 2 is 2.37 bits per heavy atom. The van der Waals surface area contributed by atoms with Crippen LogP contribution in [0.2, 0.25) is 0 Å². The van der Waals surface area contributed by atoms with E-state index in [1.165, 1.54) is 6.07 Å². The fraction of sp³-hybridized carbons (Fsp3) is 0.600. The fourth-order valence-electron chi connectivity index (χ4n) is 2.48. The first-order valence-electron chi connectivity index (χ1n) is 6.99. The van der Waals surface area contributed by atoms with Crippen molar-refractivity contribution in [2.75, 3.05) is 19.7 Å². The Morgan fingerprint density at radius 1 is 1.53 bits per heavy atom. The molecule has 1 aliphatic heterocycles. The minimum Gasteiger partial charge on any atom is -0.488 e. The van der Waals surface area contributed by atoms with E-state index in [0.29, 0.717) is 5.92 Å². The lowest BCUT2D eigenvalue weighted by molar-refractivity contribution is 0.217. The zero-order valence-electron chi connectivity index (χ0n) is 11.4. The maximum atomic E-state index is 13.1. The third-order valence-electron chi connectivity index (χ3n) is 3.68. The Kier molecular flexibility index (Phi) is 5.16. The number of hydrogen-bond acceptors (Lipinski definition) is 3. The molecule has 0 fully saturated rings. The van der Waals surface area contributed by atoms with Crippen LogP contribution in [0.25, 0.3) is 0 Å². The van der Waals surface area contributed by atoms with Crippen LogP contribution in [0.4, 0.5) is 4.39 Å². The van der Waals surface area contributed by atoms with Gasteiger partial charge in [0.25, 0.3) is 0 Å². The molecule has 0 aliphatic carbocycles. The van der Waals surface area contributed by atoms with Crippen LogP contribution in [0.15, 0.2) is 18.2 Å². The Labute approximate surface area is 113 Å². The van der Waals surface area contributed by atoms with Crippen LogP contribution in [0.5, 0.6) is 5.75 Å². The summed E-state index contributed by atoms with van der Waals surface area (Å²) in [6, 6.07) is 4.68. The molecule has 2 atom stereocenters. The van der Waals surface area contributed by atoms with Crippen molar-refractivity contribution in [1.82, 2.24) is 5.32 Å². The molecule has 106 valence electrons. The molecule has 4 heteroatoms. The Morgan fingerprint density at radius 3 is 3.11 bits per heavy atom. The lowest BCUT2D eigenvalue weighted by Crippen LogP contribution is -2.33. The van der Waals surface area contributed by atoms with E-state index < -0.39 is 0 Å². The predicted molar refractivity (Wildman–Crippen MR) is 72.9 cm³/mol. The maximum absolute atomic E-state index is 13.1. The van der Waals surface area contributed by atoms with E-state index in [1.807, 2.05) is 0 Å². The maximum Gasteiger partial charge on any atom is 0.123 e. The largest absolute Gasteiger partial charge is 0.488 e. The molecule has 1 aliphatic rings. The van der Waals surface area contributed by atoms with E-state index in [2.05, 4.69) is 12.2 Å². The topological polar surface area (TPSA) is 41.5 Å². The standard InChI is InChI=1S/C15H22FNO2/c1-2-11(5-6-18)9-17-10-14-8-12-7-13(16)3-4-15(12)19-14/h3-4,7,11,14,17-18H,2,5-6,8-10H2,1H3. The van der Waals surface area contributed by atoms with Crippen molar-refractivity contribution < 1.29 is 14.2 Å². The monoisotopic (exact) mass is 267 g/mol. The van der Waals surface area contributed by atoms with E-state index in [1.54, 1.807) is 12.1 Å². The van der Waals surface area contributed by atoms with Crippen LogP contribution >= 0.6 is 0 Å². The van der Waals surface area contributed by atoms with E-state index >= 15 is 0 Å². The van der Waals surface area contributed by atoms with Crippen molar-refractivity contribution in [2.24, 2.45) is 5.92 Å². The Hall–Kier alpha value is -1.13. The minimum absolute atomic E-state index is 0.0865. The number of aliphatic hydroxyl groups excluding tert-OH is 1. The van der Waals surface area contributed by atoms with E-state index in [-0.39, 0.29) is 18.5 Å². The lowest BCUT2D eigenvalue weighted by Gasteiger charge is -2.16. The quantitative estimate of drug-likeness (QED) is 0.795. The first-order valence-corrected chi connectivity index (χ1v) is 6.99. The first kappa shape index (κ1) is 14.3. The molecule has 2 N–H and O–H groups in total. The second kappa shape index (κ2) is 6.87. The van der Waals surface area contributed by atoms with Gasteiger partial charge >= 0.3 is 0 Å². The zero-order valence-corrected chi connectivity index (χ0v) is 11.4. The van der Waals surface area contributed by atoms with Crippen LogP contribution in [0.1, 0.15) is 25.3 Å². The number of rotatable bonds is 7. The number of halogens is 1. The van der Waals surface area contributed by atoms with Crippen molar-refractivity contribution >= 4 is 0 Å². The molecule has 3 nitrogen and oxygen atoms in total. The summed E-state index contributed by atoms with van der Waals surface area (Å²) in [7, 11) is 0. The van der Waals surface area contributed by atoms with Crippen molar-refractivity contribution in [1.29, 1.82) is 0 Å². The lowest BCUT2D eigenvalue weighted by atomic mass is 10.0. The van der Waals surface area contributed by atoms with Crippen molar-refractivity contribution in [2.45, 2.75) is 32.3 Å². The van der Waals surface area contributed by atoms with Gasteiger partial charge in [-0.3, -0.25) is 0 Å². The number of aliphatic hydroxyl groups is 1. The highest BCUT2D eigenvalue weighted by Gasteiger charge is 2.22. The highest BCUT2D eigenvalue weighted by molar-refractivity contribution is 5.37. The molecule has 2 rings (SSSR count). The SMILES string of the molecule is CCC(CCO)CNCC1Cc2cc(F)ccc2O1. The Balaban J connectivity index is 1.75. The molecule has 0 saturated carbocycles. The van der Waals surface area contributed by atoms with Gasteiger partial charge < -0.3 is 15.2 Å². The van der Waals surface area contributed by atoms with Crippen LogP contribution in [0.3, 0.4) is 0 Å². The van der Waals surface area contributed by atoms with Gasteiger partial charge in [0, 0.05) is 25.1 Å². The van der Waals surface area contributed by atoms with Gasteiger partial charge in [0.1, 0.15) is 17.7 Å². The molecule has 1 aromatic carbocycles. The van der Waals surface area contributed by atoms with Gasteiger partial charge in [-0.05, 0) is 37.1 Å². The molecular formula is C15H22FNO2. The summed E-state index contributed by atoms with van der Waals surface area (Å²) in [5, 5.41) is 12.3. The molecule has 1 aromatic rings. The van der Waals surface area contributed by atoms with Gasteiger partial charge in [0.15, 0.2) is 0 Å². The van der Waals surface area contributed by atoms with Gasteiger partial charge in [0.2, 0.25) is 0 Å². The molecule has 0 bridgehead atoms. The Bertz CT molecular complexity index is 411. The molecule has 1 heterocycles. The van der Waals surface area contributed by atoms with Crippen LogP contribution in [0, 0.1) is 11.7 Å². The van der Waals surface area contributed by atoms with E-state index in [4.69, 9.17) is 9.84 Å². The number of hydrogen-bond donors (Lipinski definition) is 2. The third kappa shape index (κ3) is 3.91. The normalized spacial score (nSPS) is 19.0. The highest BCUT2D eigenvalue weighted by Crippen LogP contribution is 2.28. The van der Waals surface area contributed by atoms with E-state index in [9.17, 15) is 4.39 Å². The summed E-state index contributed by atoms with van der Waals surface area (Å²) in [4.78, 5) is 0. The molecule has 0 aromatic heterocycles. The molecular weight excluding hydrogens is 245 g/mol. The van der Waals surface area contributed by atoms with Gasteiger partial charge in [-0.2, -0.15) is 0 Å². The van der Waals surface area contributed by atoms with Crippen LogP contribution < -0.4 is 10.1 Å². The highest BCUT2D eigenvalue weighted by atomic mass is 19.1. The summed E-state index contributed by atoms with van der Waals surface area (Å²) in [6.45, 7) is 4.03. The number of benzene rings is 1. The van der Waals surface area contributed by atoms with Crippen molar-refractivity contribution in [3.63, 3.8) is 0 Å². The number of nitrogens with one attached hydrogen (secondary N) is 1. The summed E-state index contributed by atoms with van der Waals surface area (Å²) in [6.07, 6.45) is 2.74. The van der Waals surface area contributed by atoms with Crippen LogP contribution in [-0.4, -0.2) is 30.9 Å². The summed E-state index contributed by atoms with van der Waals surface area (Å²) < 4.78 is 18.8. The smallest absolute Gasteiger partial charge is 0.123 e. The molecule has 2 unspecified atom stereocenters.